The Kier molecular flexibility index (Phi) is 2.23. The first-order chi connectivity index (χ1) is 6.75. The number of benzene rings is 1. The Morgan fingerprint density at radius 1 is 1.43 bits per heavy atom. The van der Waals surface area contributed by atoms with Crippen LogP contribution >= 0.6 is 0 Å². The number of imidazole rings is 1. The molecule has 0 spiro atoms. The van der Waals surface area contributed by atoms with Crippen molar-refractivity contribution in [2.45, 2.75) is 13.5 Å². The smallest absolute Gasteiger partial charge is 0.200 e. The third-order valence-electron chi connectivity index (χ3n) is 2.18. The van der Waals surface area contributed by atoms with E-state index >= 15 is 0 Å². The highest BCUT2D eigenvalue weighted by molar-refractivity contribution is 5.25. The summed E-state index contributed by atoms with van der Waals surface area (Å²) in [6.07, 6.45) is 3.60. The second-order valence-corrected chi connectivity index (χ2v) is 3.40. The summed E-state index contributed by atoms with van der Waals surface area (Å²) in [5.74, 6) is 0.562. The molecule has 0 amide bonds. The fourth-order valence-electron chi connectivity index (χ4n) is 1.48. The van der Waals surface area contributed by atoms with Gasteiger partial charge in [0.2, 0.25) is 0 Å². The molecule has 0 fully saturated rings. The van der Waals surface area contributed by atoms with Crippen LogP contribution in [0.2, 0.25) is 0 Å². The predicted octanol–water partition coefficient (Wildman–Crippen LogP) is 1.82. The minimum atomic E-state index is 0.562. The minimum absolute atomic E-state index is 0.562. The fourth-order valence-corrected chi connectivity index (χ4v) is 1.48. The van der Waals surface area contributed by atoms with Crippen LogP contribution in [0.4, 0.5) is 5.95 Å². The number of anilines is 1. The van der Waals surface area contributed by atoms with Crippen molar-refractivity contribution in [3.8, 4) is 0 Å². The van der Waals surface area contributed by atoms with E-state index in [9.17, 15) is 0 Å². The second kappa shape index (κ2) is 3.54. The molecule has 0 aliphatic heterocycles. The molecule has 72 valence electrons. The van der Waals surface area contributed by atoms with Crippen LogP contribution in [0.15, 0.2) is 36.7 Å². The third-order valence-corrected chi connectivity index (χ3v) is 2.18. The number of nitrogens with zero attached hydrogens (tertiary/aromatic N) is 2. The zero-order chi connectivity index (χ0) is 9.97. The normalized spacial score (nSPS) is 10.4. The first kappa shape index (κ1) is 8.81. The van der Waals surface area contributed by atoms with Crippen LogP contribution < -0.4 is 5.73 Å². The number of rotatable bonds is 2. The number of nitrogens with two attached hydrogens (primary N) is 1. The maximum absolute atomic E-state index is 5.68. The van der Waals surface area contributed by atoms with Gasteiger partial charge in [0, 0.05) is 12.4 Å². The monoisotopic (exact) mass is 187 g/mol. The predicted molar refractivity (Wildman–Crippen MR) is 56.9 cm³/mol. The quantitative estimate of drug-likeness (QED) is 0.779. The summed E-state index contributed by atoms with van der Waals surface area (Å²) in [7, 11) is 0. The van der Waals surface area contributed by atoms with Gasteiger partial charge in [-0.3, -0.25) is 0 Å². The summed E-state index contributed by atoms with van der Waals surface area (Å²) >= 11 is 0. The summed E-state index contributed by atoms with van der Waals surface area (Å²) < 4.78 is 1.93. The molecule has 0 unspecified atom stereocenters. The van der Waals surface area contributed by atoms with Crippen LogP contribution in [0.25, 0.3) is 0 Å². The first-order valence-electron chi connectivity index (χ1n) is 4.58. The van der Waals surface area contributed by atoms with Crippen molar-refractivity contribution in [3.63, 3.8) is 0 Å². The molecular weight excluding hydrogens is 174 g/mol. The molecule has 0 atom stereocenters. The Labute approximate surface area is 83.2 Å². The lowest BCUT2D eigenvalue weighted by molar-refractivity contribution is 0.810. The molecule has 0 saturated carbocycles. The van der Waals surface area contributed by atoms with Crippen molar-refractivity contribution in [1.82, 2.24) is 9.55 Å². The van der Waals surface area contributed by atoms with E-state index in [1.807, 2.05) is 10.8 Å². The van der Waals surface area contributed by atoms with E-state index in [4.69, 9.17) is 5.73 Å². The highest BCUT2D eigenvalue weighted by Gasteiger charge is 1.98. The minimum Gasteiger partial charge on any atom is -0.369 e. The molecule has 0 aliphatic rings. The molecule has 0 aliphatic carbocycles. The molecule has 2 rings (SSSR count). The van der Waals surface area contributed by atoms with Crippen LogP contribution in [0, 0.1) is 6.92 Å². The molecule has 1 heterocycles. The number of aromatic nitrogens is 2. The third kappa shape index (κ3) is 1.76. The van der Waals surface area contributed by atoms with Crippen molar-refractivity contribution < 1.29 is 0 Å². The van der Waals surface area contributed by atoms with Gasteiger partial charge in [0.05, 0.1) is 6.54 Å². The SMILES string of the molecule is Cc1cccc(Cn2ccnc2N)c1. The van der Waals surface area contributed by atoms with Crippen molar-refractivity contribution in [1.29, 1.82) is 0 Å². The standard InChI is InChI=1S/C11H13N3/c1-9-3-2-4-10(7-9)8-14-6-5-13-11(14)12/h2-7H,8H2,1H3,(H2,12,13). The van der Waals surface area contributed by atoms with Crippen molar-refractivity contribution in [2.24, 2.45) is 0 Å². The molecule has 0 radical (unpaired) electrons. The summed E-state index contributed by atoms with van der Waals surface area (Å²) in [6.45, 7) is 2.87. The van der Waals surface area contributed by atoms with Gasteiger partial charge < -0.3 is 10.3 Å². The number of hydrogen-bond donors (Lipinski definition) is 1. The maximum Gasteiger partial charge on any atom is 0.200 e. The van der Waals surface area contributed by atoms with E-state index in [1.165, 1.54) is 11.1 Å². The topological polar surface area (TPSA) is 43.8 Å². The lowest BCUT2D eigenvalue weighted by Gasteiger charge is -2.05. The van der Waals surface area contributed by atoms with Gasteiger partial charge >= 0.3 is 0 Å². The molecule has 3 heteroatoms. The molecule has 2 N–H and O–H groups in total. The molecule has 1 aromatic carbocycles. The molecule has 14 heavy (non-hydrogen) atoms. The molecule has 0 bridgehead atoms. The van der Waals surface area contributed by atoms with Crippen LogP contribution in [0.1, 0.15) is 11.1 Å². The van der Waals surface area contributed by atoms with Gasteiger partial charge in [-0.1, -0.05) is 29.8 Å². The summed E-state index contributed by atoms with van der Waals surface area (Å²) in [5.41, 5.74) is 8.19. The highest BCUT2D eigenvalue weighted by atomic mass is 15.1. The largest absolute Gasteiger partial charge is 0.369 e. The van der Waals surface area contributed by atoms with E-state index in [-0.39, 0.29) is 0 Å². The van der Waals surface area contributed by atoms with Gasteiger partial charge in [-0.25, -0.2) is 4.98 Å². The van der Waals surface area contributed by atoms with Gasteiger partial charge in [-0.15, -0.1) is 0 Å². The average molecular weight is 187 g/mol. The van der Waals surface area contributed by atoms with Crippen molar-refractivity contribution >= 4 is 5.95 Å². The van der Waals surface area contributed by atoms with Crippen molar-refractivity contribution in [3.05, 3.63) is 47.8 Å². The van der Waals surface area contributed by atoms with E-state index in [2.05, 4.69) is 36.2 Å². The van der Waals surface area contributed by atoms with Gasteiger partial charge in [0.1, 0.15) is 0 Å². The van der Waals surface area contributed by atoms with E-state index in [0.717, 1.165) is 6.54 Å². The fraction of sp³-hybridized carbons (Fsp3) is 0.182. The molecule has 0 saturated heterocycles. The summed E-state index contributed by atoms with van der Waals surface area (Å²) in [4.78, 5) is 3.98. The van der Waals surface area contributed by atoms with E-state index in [0.29, 0.717) is 5.95 Å². The Morgan fingerprint density at radius 2 is 2.29 bits per heavy atom. The maximum atomic E-state index is 5.68. The zero-order valence-corrected chi connectivity index (χ0v) is 8.14. The first-order valence-corrected chi connectivity index (χ1v) is 4.58. The second-order valence-electron chi connectivity index (χ2n) is 3.40. The van der Waals surface area contributed by atoms with Gasteiger partial charge in [-0.05, 0) is 12.5 Å². The highest BCUT2D eigenvalue weighted by Crippen LogP contribution is 2.08. The average Bonchev–Trinajstić information content (AvgIpc) is 2.52. The van der Waals surface area contributed by atoms with E-state index in [1.54, 1.807) is 6.20 Å². The van der Waals surface area contributed by atoms with Crippen LogP contribution in [-0.4, -0.2) is 9.55 Å². The van der Waals surface area contributed by atoms with E-state index < -0.39 is 0 Å². The number of nitrogen functional groups attached to an aromatic ring is 1. The molecule has 3 nitrogen and oxygen atoms in total. The number of aryl methyl sites for hydroxylation is 1. The van der Waals surface area contributed by atoms with Crippen LogP contribution in [-0.2, 0) is 6.54 Å². The molecular formula is C11H13N3. The lowest BCUT2D eigenvalue weighted by atomic mass is 10.1. The lowest BCUT2D eigenvalue weighted by Crippen LogP contribution is -2.03. The zero-order valence-electron chi connectivity index (χ0n) is 8.14. The Bertz CT molecular complexity index is 432. The summed E-state index contributed by atoms with van der Waals surface area (Å²) in [6, 6.07) is 8.38. The Balaban J connectivity index is 2.23. The number of hydrogen-bond acceptors (Lipinski definition) is 2. The van der Waals surface area contributed by atoms with Crippen LogP contribution in [0.3, 0.4) is 0 Å². The van der Waals surface area contributed by atoms with Crippen LogP contribution in [0.5, 0.6) is 0 Å². The molecule has 2 aromatic rings. The van der Waals surface area contributed by atoms with Crippen molar-refractivity contribution in [2.75, 3.05) is 5.73 Å². The van der Waals surface area contributed by atoms with Gasteiger partial charge in [0.25, 0.3) is 0 Å². The van der Waals surface area contributed by atoms with Gasteiger partial charge in [0.15, 0.2) is 5.95 Å². The van der Waals surface area contributed by atoms with Gasteiger partial charge in [-0.2, -0.15) is 0 Å². The molecule has 1 aromatic heterocycles. The Morgan fingerprint density at radius 3 is 2.93 bits per heavy atom. The summed E-state index contributed by atoms with van der Waals surface area (Å²) in [5, 5.41) is 0. The Hall–Kier alpha value is -1.77.